The molecule has 0 aliphatic heterocycles. The molecule has 0 saturated heterocycles. The van der Waals surface area contributed by atoms with Crippen LogP contribution in [0.5, 0.6) is 0 Å². The molecule has 0 atom stereocenters. The highest BCUT2D eigenvalue weighted by molar-refractivity contribution is 5.81. The number of amides is 1. The van der Waals surface area contributed by atoms with E-state index in [0.29, 0.717) is 6.54 Å². The molecule has 2 N–H and O–H groups in total. The molecule has 74 valence electrons. The average Bonchev–Trinajstić information content (AvgIpc) is 2.02. The van der Waals surface area contributed by atoms with Crippen molar-refractivity contribution in [3.05, 3.63) is 0 Å². The standard InChI is InChI=1S/C7H15NO2.C2H6/c1-7(2,3)6(10)8-4-5-9;1-2/h9H,4-5H2,1-3H3,(H,8,10);1-2H3. The van der Waals surface area contributed by atoms with Crippen molar-refractivity contribution < 1.29 is 9.90 Å². The summed E-state index contributed by atoms with van der Waals surface area (Å²) in [5.74, 6) is -0.0263. The van der Waals surface area contributed by atoms with Gasteiger partial charge in [-0.15, -0.1) is 0 Å². The molecule has 0 bridgehead atoms. The number of hydrogen-bond acceptors (Lipinski definition) is 2. The van der Waals surface area contributed by atoms with Gasteiger partial charge in [0, 0.05) is 12.0 Å². The van der Waals surface area contributed by atoms with Crippen LogP contribution in [0.15, 0.2) is 0 Å². The lowest BCUT2D eigenvalue weighted by molar-refractivity contribution is -0.128. The first-order valence-electron chi connectivity index (χ1n) is 4.37. The van der Waals surface area contributed by atoms with Crippen LogP contribution in [0.3, 0.4) is 0 Å². The van der Waals surface area contributed by atoms with Gasteiger partial charge < -0.3 is 10.4 Å². The molecule has 3 heteroatoms. The number of carbonyl (C=O) groups excluding carboxylic acids is 1. The number of carbonyl (C=O) groups is 1. The predicted molar refractivity (Wildman–Crippen MR) is 50.9 cm³/mol. The Morgan fingerprint density at radius 3 is 2.00 bits per heavy atom. The fourth-order valence-electron chi connectivity index (χ4n) is 0.435. The second-order valence-electron chi connectivity index (χ2n) is 3.23. The molecule has 0 spiro atoms. The first-order chi connectivity index (χ1) is 5.48. The van der Waals surface area contributed by atoms with Gasteiger partial charge >= 0.3 is 0 Å². The van der Waals surface area contributed by atoms with Crippen LogP contribution >= 0.6 is 0 Å². The van der Waals surface area contributed by atoms with Gasteiger partial charge in [0.15, 0.2) is 0 Å². The minimum atomic E-state index is -0.352. The van der Waals surface area contributed by atoms with Gasteiger partial charge in [-0.3, -0.25) is 4.79 Å². The molecule has 1 amide bonds. The van der Waals surface area contributed by atoms with E-state index in [1.807, 2.05) is 34.6 Å². The monoisotopic (exact) mass is 175 g/mol. The predicted octanol–water partition coefficient (Wildman–Crippen LogP) is 1.17. The highest BCUT2D eigenvalue weighted by Gasteiger charge is 2.19. The third-order valence-corrected chi connectivity index (χ3v) is 1.08. The van der Waals surface area contributed by atoms with Gasteiger partial charge in [0.1, 0.15) is 0 Å². The SMILES string of the molecule is CC.CC(C)(C)C(=O)NCCO. The number of nitrogens with one attached hydrogen (secondary N) is 1. The lowest BCUT2D eigenvalue weighted by Gasteiger charge is -2.16. The fourth-order valence-corrected chi connectivity index (χ4v) is 0.435. The van der Waals surface area contributed by atoms with Crippen LogP contribution in [-0.4, -0.2) is 24.2 Å². The van der Waals surface area contributed by atoms with Gasteiger partial charge in [0.2, 0.25) is 5.91 Å². The average molecular weight is 175 g/mol. The van der Waals surface area contributed by atoms with E-state index in [2.05, 4.69) is 5.32 Å². The lowest BCUT2D eigenvalue weighted by Crippen LogP contribution is -2.36. The van der Waals surface area contributed by atoms with Gasteiger partial charge in [-0.25, -0.2) is 0 Å². The Morgan fingerprint density at radius 1 is 1.33 bits per heavy atom. The summed E-state index contributed by atoms with van der Waals surface area (Å²) < 4.78 is 0. The first-order valence-corrected chi connectivity index (χ1v) is 4.37. The van der Waals surface area contributed by atoms with Crippen LogP contribution in [-0.2, 0) is 4.79 Å². The summed E-state index contributed by atoms with van der Waals surface area (Å²) in [5.41, 5.74) is -0.352. The first kappa shape index (κ1) is 14.0. The third-order valence-electron chi connectivity index (χ3n) is 1.08. The molecule has 0 aliphatic carbocycles. The Kier molecular flexibility index (Phi) is 8.27. The molecular weight excluding hydrogens is 154 g/mol. The topological polar surface area (TPSA) is 49.3 Å². The zero-order valence-corrected chi connectivity index (χ0v) is 8.77. The summed E-state index contributed by atoms with van der Waals surface area (Å²) in [5, 5.41) is 10.9. The van der Waals surface area contributed by atoms with Crippen LogP contribution < -0.4 is 5.32 Å². The molecule has 0 saturated carbocycles. The van der Waals surface area contributed by atoms with E-state index >= 15 is 0 Å². The third kappa shape index (κ3) is 7.54. The van der Waals surface area contributed by atoms with Gasteiger partial charge in [-0.1, -0.05) is 34.6 Å². The molecular formula is C9H21NO2. The summed E-state index contributed by atoms with van der Waals surface area (Å²) in [6.07, 6.45) is 0. The van der Waals surface area contributed by atoms with Crippen molar-refractivity contribution in [1.29, 1.82) is 0 Å². The van der Waals surface area contributed by atoms with Crippen LogP contribution in [0.25, 0.3) is 0 Å². The van der Waals surface area contributed by atoms with E-state index in [1.54, 1.807) is 0 Å². The maximum Gasteiger partial charge on any atom is 0.225 e. The van der Waals surface area contributed by atoms with Crippen molar-refractivity contribution in [2.75, 3.05) is 13.2 Å². The van der Waals surface area contributed by atoms with Crippen molar-refractivity contribution in [1.82, 2.24) is 5.32 Å². The highest BCUT2D eigenvalue weighted by Crippen LogP contribution is 2.11. The summed E-state index contributed by atoms with van der Waals surface area (Å²) in [6.45, 7) is 9.84. The lowest BCUT2D eigenvalue weighted by atomic mass is 9.96. The minimum absolute atomic E-state index is 0.00181. The Bertz CT molecular complexity index is 116. The Labute approximate surface area is 75.2 Å². The number of hydrogen-bond donors (Lipinski definition) is 2. The number of aliphatic hydroxyl groups excluding tert-OH is 1. The molecule has 0 aromatic carbocycles. The van der Waals surface area contributed by atoms with E-state index in [9.17, 15) is 4.79 Å². The maximum atomic E-state index is 11.0. The molecule has 0 aromatic heterocycles. The maximum absolute atomic E-state index is 11.0. The molecule has 0 aliphatic rings. The molecule has 12 heavy (non-hydrogen) atoms. The fraction of sp³-hybridized carbons (Fsp3) is 0.889. The van der Waals surface area contributed by atoms with Crippen molar-refractivity contribution in [3.8, 4) is 0 Å². The second kappa shape index (κ2) is 7.10. The largest absolute Gasteiger partial charge is 0.395 e. The van der Waals surface area contributed by atoms with Crippen molar-refractivity contribution >= 4 is 5.91 Å². The van der Waals surface area contributed by atoms with Crippen LogP contribution in [0.2, 0.25) is 0 Å². The molecule has 0 radical (unpaired) electrons. The highest BCUT2D eigenvalue weighted by atomic mass is 16.3. The van der Waals surface area contributed by atoms with Gasteiger partial charge in [0.25, 0.3) is 0 Å². The quantitative estimate of drug-likeness (QED) is 0.662. The van der Waals surface area contributed by atoms with Gasteiger partial charge in [0.05, 0.1) is 6.61 Å². The molecule has 0 rings (SSSR count). The van der Waals surface area contributed by atoms with Crippen molar-refractivity contribution in [2.45, 2.75) is 34.6 Å². The summed E-state index contributed by atoms with van der Waals surface area (Å²) in [4.78, 5) is 11.0. The Hall–Kier alpha value is -0.570. The summed E-state index contributed by atoms with van der Waals surface area (Å²) >= 11 is 0. The van der Waals surface area contributed by atoms with E-state index in [1.165, 1.54) is 0 Å². The zero-order chi connectivity index (χ0) is 10.2. The normalized spacial score (nSPS) is 9.83. The summed E-state index contributed by atoms with van der Waals surface area (Å²) in [7, 11) is 0. The smallest absolute Gasteiger partial charge is 0.225 e. The van der Waals surface area contributed by atoms with Crippen LogP contribution in [0.4, 0.5) is 0 Å². The van der Waals surface area contributed by atoms with E-state index in [0.717, 1.165) is 0 Å². The summed E-state index contributed by atoms with van der Waals surface area (Å²) in [6, 6.07) is 0. The molecule has 0 heterocycles. The van der Waals surface area contributed by atoms with Crippen molar-refractivity contribution in [2.24, 2.45) is 5.41 Å². The van der Waals surface area contributed by atoms with Crippen LogP contribution in [0, 0.1) is 5.41 Å². The minimum Gasteiger partial charge on any atom is -0.395 e. The molecule has 0 aromatic rings. The Balaban J connectivity index is 0. The van der Waals surface area contributed by atoms with E-state index in [4.69, 9.17) is 5.11 Å². The molecule has 0 fully saturated rings. The molecule has 0 unspecified atom stereocenters. The second-order valence-corrected chi connectivity index (χ2v) is 3.23. The van der Waals surface area contributed by atoms with Crippen LogP contribution in [0.1, 0.15) is 34.6 Å². The number of aliphatic hydroxyl groups is 1. The van der Waals surface area contributed by atoms with E-state index < -0.39 is 0 Å². The Morgan fingerprint density at radius 2 is 1.75 bits per heavy atom. The van der Waals surface area contributed by atoms with Gasteiger partial charge in [-0.2, -0.15) is 0 Å². The van der Waals surface area contributed by atoms with Gasteiger partial charge in [-0.05, 0) is 0 Å². The number of rotatable bonds is 2. The zero-order valence-electron chi connectivity index (χ0n) is 8.77. The van der Waals surface area contributed by atoms with E-state index in [-0.39, 0.29) is 17.9 Å². The molecule has 3 nitrogen and oxygen atoms in total. The van der Waals surface area contributed by atoms with Crippen molar-refractivity contribution in [3.63, 3.8) is 0 Å².